The smallest absolute Gasteiger partial charge is 0.416 e. The van der Waals surface area contributed by atoms with Crippen molar-refractivity contribution in [2.45, 2.75) is 26.1 Å². The molecule has 0 aliphatic heterocycles. The molecule has 1 heterocycles. The molecular formula is C16H14F3NO3S. The Morgan fingerprint density at radius 1 is 1.12 bits per heavy atom. The number of nitrogens with one attached hydrogen (secondary N) is 1. The molecule has 1 unspecified atom stereocenters. The summed E-state index contributed by atoms with van der Waals surface area (Å²) in [4.78, 5) is 25.1. The summed E-state index contributed by atoms with van der Waals surface area (Å²) >= 11 is 1.24. The zero-order chi connectivity index (χ0) is 17.9. The summed E-state index contributed by atoms with van der Waals surface area (Å²) in [5, 5.41) is 2.40. The minimum Gasteiger partial charge on any atom is -0.448 e. The minimum atomic E-state index is -4.44. The fourth-order valence-corrected chi connectivity index (χ4v) is 2.55. The lowest BCUT2D eigenvalue weighted by molar-refractivity contribution is -0.137. The number of alkyl halides is 3. The van der Waals surface area contributed by atoms with Gasteiger partial charge < -0.3 is 10.1 Å². The van der Waals surface area contributed by atoms with Crippen LogP contribution in [0.15, 0.2) is 36.4 Å². The second-order valence-corrected chi connectivity index (χ2v) is 6.31. The second kappa shape index (κ2) is 7.04. The van der Waals surface area contributed by atoms with E-state index < -0.39 is 29.7 Å². The molecule has 0 radical (unpaired) electrons. The third kappa shape index (κ3) is 4.58. The quantitative estimate of drug-likeness (QED) is 0.832. The number of benzene rings is 1. The molecule has 0 aliphatic rings. The van der Waals surface area contributed by atoms with Gasteiger partial charge in [-0.25, -0.2) is 4.79 Å². The molecule has 0 fully saturated rings. The van der Waals surface area contributed by atoms with E-state index in [-0.39, 0.29) is 5.69 Å². The summed E-state index contributed by atoms with van der Waals surface area (Å²) in [6.45, 7) is 3.22. The van der Waals surface area contributed by atoms with Gasteiger partial charge in [-0.3, -0.25) is 4.79 Å². The number of esters is 1. The van der Waals surface area contributed by atoms with Crippen molar-refractivity contribution in [3.63, 3.8) is 0 Å². The van der Waals surface area contributed by atoms with Crippen LogP contribution >= 0.6 is 11.3 Å². The number of aryl methyl sites for hydroxylation is 1. The number of amides is 1. The minimum absolute atomic E-state index is 0.183. The van der Waals surface area contributed by atoms with E-state index in [1.54, 1.807) is 12.1 Å². The zero-order valence-corrected chi connectivity index (χ0v) is 13.6. The third-order valence-corrected chi connectivity index (χ3v) is 4.06. The van der Waals surface area contributed by atoms with Crippen LogP contribution in [-0.4, -0.2) is 18.0 Å². The van der Waals surface area contributed by atoms with Gasteiger partial charge in [0.1, 0.15) is 4.88 Å². The highest BCUT2D eigenvalue weighted by Gasteiger charge is 2.30. The Labute approximate surface area is 140 Å². The van der Waals surface area contributed by atoms with Crippen LogP contribution in [0.5, 0.6) is 0 Å². The third-order valence-electron chi connectivity index (χ3n) is 3.07. The van der Waals surface area contributed by atoms with Crippen LogP contribution in [0.4, 0.5) is 18.9 Å². The van der Waals surface area contributed by atoms with E-state index in [4.69, 9.17) is 4.74 Å². The average molecular weight is 357 g/mol. The fourth-order valence-electron chi connectivity index (χ4n) is 1.80. The van der Waals surface area contributed by atoms with Crippen molar-refractivity contribution in [2.75, 3.05) is 5.32 Å². The van der Waals surface area contributed by atoms with Crippen LogP contribution in [0.3, 0.4) is 0 Å². The Hall–Kier alpha value is -2.35. The van der Waals surface area contributed by atoms with Gasteiger partial charge in [0.2, 0.25) is 0 Å². The molecule has 2 aromatic rings. The molecule has 24 heavy (non-hydrogen) atoms. The van der Waals surface area contributed by atoms with Gasteiger partial charge in [0.25, 0.3) is 5.91 Å². The lowest BCUT2D eigenvalue weighted by atomic mass is 10.2. The van der Waals surface area contributed by atoms with Gasteiger partial charge in [-0.1, -0.05) is 0 Å². The van der Waals surface area contributed by atoms with E-state index in [2.05, 4.69) is 5.32 Å². The predicted molar refractivity (Wildman–Crippen MR) is 84.0 cm³/mol. The average Bonchev–Trinajstić information content (AvgIpc) is 2.93. The number of hydrogen-bond donors (Lipinski definition) is 1. The first kappa shape index (κ1) is 18.0. The van der Waals surface area contributed by atoms with Crippen LogP contribution in [0, 0.1) is 6.92 Å². The number of carbonyl (C=O) groups is 2. The number of anilines is 1. The molecule has 1 atom stereocenters. The molecule has 0 aliphatic carbocycles. The maximum Gasteiger partial charge on any atom is 0.416 e. The Morgan fingerprint density at radius 2 is 1.75 bits per heavy atom. The summed E-state index contributed by atoms with van der Waals surface area (Å²) in [5.74, 6) is -1.25. The van der Waals surface area contributed by atoms with E-state index in [9.17, 15) is 22.8 Å². The number of halogens is 3. The second-order valence-electron chi connectivity index (χ2n) is 5.02. The molecule has 1 N–H and O–H groups in total. The fraction of sp³-hybridized carbons (Fsp3) is 0.250. The molecule has 0 saturated heterocycles. The summed E-state index contributed by atoms with van der Waals surface area (Å²) < 4.78 is 42.5. The van der Waals surface area contributed by atoms with Gasteiger partial charge >= 0.3 is 12.1 Å². The van der Waals surface area contributed by atoms with Gasteiger partial charge in [-0.05, 0) is 50.2 Å². The molecule has 128 valence electrons. The summed E-state index contributed by atoms with van der Waals surface area (Å²) in [7, 11) is 0. The molecule has 2 rings (SSSR count). The summed E-state index contributed by atoms with van der Waals surface area (Å²) in [6, 6.07) is 7.36. The summed E-state index contributed by atoms with van der Waals surface area (Å²) in [6.07, 6.45) is -5.52. The number of carbonyl (C=O) groups excluding carboxylic acids is 2. The van der Waals surface area contributed by atoms with Crippen LogP contribution < -0.4 is 5.32 Å². The van der Waals surface area contributed by atoms with Crippen molar-refractivity contribution < 1.29 is 27.5 Å². The molecule has 1 aromatic carbocycles. The maximum atomic E-state index is 12.5. The van der Waals surface area contributed by atoms with Crippen molar-refractivity contribution in [3.8, 4) is 0 Å². The Balaban J connectivity index is 1.95. The topological polar surface area (TPSA) is 55.4 Å². The van der Waals surface area contributed by atoms with Gasteiger partial charge in [-0.15, -0.1) is 11.3 Å². The first-order valence-corrected chi connectivity index (χ1v) is 7.74. The maximum absolute atomic E-state index is 12.5. The SMILES string of the molecule is Cc1ccc(C(=O)OC(C)C(=O)Nc2ccc(C(F)(F)F)cc2)s1. The lowest BCUT2D eigenvalue weighted by Gasteiger charge is -2.13. The number of thiophene rings is 1. The lowest BCUT2D eigenvalue weighted by Crippen LogP contribution is -2.29. The van der Waals surface area contributed by atoms with E-state index in [1.807, 2.05) is 6.92 Å². The highest BCUT2D eigenvalue weighted by Crippen LogP contribution is 2.29. The molecule has 1 amide bonds. The molecule has 1 aromatic heterocycles. The van der Waals surface area contributed by atoms with Crippen LogP contribution in [0.25, 0.3) is 0 Å². The first-order valence-electron chi connectivity index (χ1n) is 6.92. The van der Waals surface area contributed by atoms with Crippen molar-refractivity contribution in [1.82, 2.24) is 0 Å². The zero-order valence-electron chi connectivity index (χ0n) is 12.8. The van der Waals surface area contributed by atoms with Gasteiger partial charge in [0.05, 0.1) is 5.56 Å². The van der Waals surface area contributed by atoms with Crippen molar-refractivity contribution in [1.29, 1.82) is 0 Å². The van der Waals surface area contributed by atoms with Gasteiger partial charge in [0, 0.05) is 10.6 Å². The van der Waals surface area contributed by atoms with E-state index in [0.29, 0.717) is 4.88 Å². The highest BCUT2D eigenvalue weighted by atomic mass is 32.1. The van der Waals surface area contributed by atoms with Crippen LogP contribution in [0.1, 0.15) is 27.0 Å². The number of hydrogen-bond acceptors (Lipinski definition) is 4. The number of ether oxygens (including phenoxy) is 1. The van der Waals surface area contributed by atoms with Crippen molar-refractivity contribution in [3.05, 3.63) is 51.7 Å². The molecule has 4 nitrogen and oxygen atoms in total. The largest absolute Gasteiger partial charge is 0.448 e. The summed E-state index contributed by atoms with van der Waals surface area (Å²) in [5.41, 5.74) is -0.629. The monoisotopic (exact) mass is 357 g/mol. The first-order chi connectivity index (χ1) is 11.2. The molecule has 0 bridgehead atoms. The normalized spacial score (nSPS) is 12.5. The Bertz CT molecular complexity index is 738. The van der Waals surface area contributed by atoms with Crippen LogP contribution in [0.2, 0.25) is 0 Å². The molecular weight excluding hydrogens is 343 g/mol. The van der Waals surface area contributed by atoms with Crippen LogP contribution in [-0.2, 0) is 15.7 Å². The highest BCUT2D eigenvalue weighted by molar-refractivity contribution is 7.13. The molecule has 0 spiro atoms. The molecule has 0 saturated carbocycles. The van der Waals surface area contributed by atoms with E-state index >= 15 is 0 Å². The standard InChI is InChI=1S/C16H14F3NO3S/c1-9-3-8-13(24-9)15(22)23-10(2)14(21)20-12-6-4-11(5-7-12)16(17,18)19/h3-8,10H,1-2H3,(H,20,21). The number of rotatable bonds is 4. The van der Waals surface area contributed by atoms with E-state index in [1.165, 1.54) is 18.3 Å². The van der Waals surface area contributed by atoms with Gasteiger partial charge in [0.15, 0.2) is 6.10 Å². The van der Waals surface area contributed by atoms with Crippen molar-refractivity contribution >= 4 is 28.9 Å². The van der Waals surface area contributed by atoms with Crippen molar-refractivity contribution in [2.24, 2.45) is 0 Å². The van der Waals surface area contributed by atoms with E-state index in [0.717, 1.165) is 29.1 Å². The Kier molecular flexibility index (Phi) is 5.28. The Morgan fingerprint density at radius 3 is 2.25 bits per heavy atom. The van der Waals surface area contributed by atoms with Gasteiger partial charge in [-0.2, -0.15) is 13.2 Å². The molecule has 8 heteroatoms. The predicted octanol–water partition coefficient (Wildman–Crippen LogP) is 4.26.